The number of aromatic hydroxyl groups is 2. The van der Waals surface area contributed by atoms with E-state index in [1.54, 1.807) is 37.3 Å². The van der Waals surface area contributed by atoms with Crippen LogP contribution in [0.1, 0.15) is 27.4 Å². The Kier molecular flexibility index (Phi) is 10.5. The average Bonchev–Trinajstić information content (AvgIpc) is 3.49. The number of amides is 1. The summed E-state index contributed by atoms with van der Waals surface area (Å²) in [6.07, 6.45) is 0. The number of nitrogens with two attached hydrogens (primary N) is 1. The zero-order valence-electron chi connectivity index (χ0n) is 25.7. The fourth-order valence-corrected chi connectivity index (χ4v) is 3.94. The number of aromatic nitrogens is 4. The van der Waals surface area contributed by atoms with Crippen molar-refractivity contribution in [1.82, 2.24) is 19.9 Å². The third-order valence-corrected chi connectivity index (χ3v) is 6.30. The lowest BCUT2D eigenvalue weighted by Gasteiger charge is -2.07. The first-order valence-corrected chi connectivity index (χ1v) is 13.9. The van der Waals surface area contributed by atoms with E-state index in [-0.39, 0.29) is 40.1 Å². The zero-order valence-corrected chi connectivity index (χ0v) is 25.7. The van der Waals surface area contributed by atoms with E-state index in [2.05, 4.69) is 25.3 Å². The predicted octanol–water partition coefficient (Wildman–Crippen LogP) is 6.04. The van der Waals surface area contributed by atoms with Crippen LogP contribution < -0.4 is 11.1 Å². The molecule has 5 N–H and O–H groups in total. The van der Waals surface area contributed by atoms with Gasteiger partial charge in [-0.3, -0.25) is 25.0 Å². The van der Waals surface area contributed by atoms with Crippen molar-refractivity contribution in [1.29, 1.82) is 0 Å². The Morgan fingerprint density at radius 1 is 0.750 bits per heavy atom. The molecule has 0 saturated carbocycles. The number of nitro groups is 2. The molecule has 0 bridgehead atoms. The highest BCUT2D eigenvalue weighted by Gasteiger charge is 2.15. The van der Waals surface area contributed by atoms with Gasteiger partial charge < -0.3 is 25.7 Å². The van der Waals surface area contributed by atoms with Gasteiger partial charge in [-0.2, -0.15) is 4.98 Å². The first-order valence-electron chi connectivity index (χ1n) is 13.9. The van der Waals surface area contributed by atoms with E-state index >= 15 is 0 Å². The molecule has 0 fully saturated rings. The highest BCUT2D eigenvalue weighted by atomic mass is 16.6. The van der Waals surface area contributed by atoms with Gasteiger partial charge in [-0.05, 0) is 69.3 Å². The zero-order chi connectivity index (χ0) is 35.0. The number of fused-ring (bicyclic) bond motifs is 1. The minimum atomic E-state index is -0.584. The number of hydrogen-bond donors (Lipinski definition) is 4. The smallest absolute Gasteiger partial charge is 0.270 e. The maximum Gasteiger partial charge on any atom is 0.270 e. The van der Waals surface area contributed by atoms with Crippen molar-refractivity contribution in [3.8, 4) is 23.0 Å². The minimum Gasteiger partial charge on any atom is -0.504 e. The molecule has 0 unspecified atom stereocenters. The van der Waals surface area contributed by atoms with Crippen LogP contribution in [0.4, 0.5) is 23.0 Å². The van der Waals surface area contributed by atoms with E-state index in [0.29, 0.717) is 28.4 Å². The van der Waals surface area contributed by atoms with Crippen molar-refractivity contribution in [2.75, 3.05) is 11.1 Å². The number of benzene rings is 2. The number of pyridine rings is 3. The molecule has 0 aliphatic heterocycles. The number of hydrogen-bond acceptors (Lipinski definition) is 13. The number of rotatable bonds is 5. The number of non-ortho nitro benzene ring substituents is 2. The largest absolute Gasteiger partial charge is 0.504 e. The number of nitrogens with one attached hydrogen (secondary N) is 1. The van der Waals surface area contributed by atoms with E-state index in [1.165, 1.54) is 42.5 Å². The molecule has 4 aromatic heterocycles. The second-order valence-corrected chi connectivity index (χ2v) is 10.0. The van der Waals surface area contributed by atoms with Crippen LogP contribution in [-0.2, 0) is 0 Å². The van der Waals surface area contributed by atoms with Gasteiger partial charge in [0, 0.05) is 52.5 Å². The van der Waals surface area contributed by atoms with Gasteiger partial charge >= 0.3 is 0 Å². The maximum atomic E-state index is 12.0. The lowest BCUT2D eigenvalue weighted by Crippen LogP contribution is -2.13. The number of anilines is 2. The minimum absolute atomic E-state index is 0.00361. The molecule has 0 spiro atoms. The topological polar surface area (TPSA) is 247 Å². The number of oxazole rings is 1. The molecule has 0 atom stereocenters. The van der Waals surface area contributed by atoms with Crippen molar-refractivity contribution in [2.24, 2.45) is 0 Å². The van der Waals surface area contributed by atoms with Crippen molar-refractivity contribution in [2.45, 2.75) is 20.8 Å². The van der Waals surface area contributed by atoms with Crippen LogP contribution in [-0.4, -0.2) is 45.9 Å². The summed E-state index contributed by atoms with van der Waals surface area (Å²) in [5, 5.41) is 42.3. The van der Waals surface area contributed by atoms with Crippen LogP contribution in [0.15, 0.2) is 89.3 Å². The van der Waals surface area contributed by atoms with Gasteiger partial charge in [-0.15, -0.1) is 0 Å². The Bertz CT molecular complexity index is 2130. The standard InChI is InChI=1S/C13H11N3O4.C13H9N3O3.C6H8N2O/c1-8-5-6-11(17)12(14-8)15-13(18)9-3-2-4-10(7-9)16(19)20;1-8-5-6-11-12(14-8)15-13(19-11)9-3-2-4-10(7-9)16(17)18;1-4-2-3-5(9)6(7)8-4/h2-7,17H,1H3,(H,14,15,18);2-7H,1H3;2-3,9H,1H3,(H2,7,8). The number of carbonyl (C=O) groups is 1. The second-order valence-electron chi connectivity index (χ2n) is 10.0. The summed E-state index contributed by atoms with van der Waals surface area (Å²) in [6.45, 7) is 5.39. The van der Waals surface area contributed by atoms with E-state index < -0.39 is 15.8 Å². The molecule has 6 aromatic rings. The number of carbonyl (C=O) groups excluding carboxylic acids is 1. The highest BCUT2D eigenvalue weighted by Crippen LogP contribution is 2.26. The Labute approximate surface area is 271 Å². The number of nitrogen functional groups attached to an aromatic ring is 1. The van der Waals surface area contributed by atoms with Gasteiger partial charge in [-0.1, -0.05) is 12.1 Å². The first-order chi connectivity index (χ1) is 22.8. The molecule has 0 radical (unpaired) electrons. The van der Waals surface area contributed by atoms with Crippen LogP contribution in [0.5, 0.6) is 11.5 Å². The van der Waals surface area contributed by atoms with Crippen molar-refractivity contribution >= 4 is 40.1 Å². The molecule has 4 heterocycles. The van der Waals surface area contributed by atoms with Crippen LogP contribution in [0.3, 0.4) is 0 Å². The van der Waals surface area contributed by atoms with Crippen molar-refractivity contribution in [3.63, 3.8) is 0 Å². The Hall–Kier alpha value is -6.97. The molecular weight excluding hydrogens is 624 g/mol. The van der Waals surface area contributed by atoms with E-state index in [4.69, 9.17) is 15.3 Å². The van der Waals surface area contributed by atoms with Crippen LogP contribution >= 0.6 is 0 Å². The summed E-state index contributed by atoms with van der Waals surface area (Å²) in [5.41, 5.74) is 9.09. The maximum absolute atomic E-state index is 12.0. The average molecular weight is 653 g/mol. The predicted molar refractivity (Wildman–Crippen MR) is 175 cm³/mol. The Morgan fingerprint density at radius 2 is 1.33 bits per heavy atom. The Morgan fingerprint density at radius 3 is 1.98 bits per heavy atom. The van der Waals surface area contributed by atoms with E-state index in [1.807, 2.05) is 19.9 Å². The van der Waals surface area contributed by atoms with E-state index in [9.17, 15) is 30.1 Å². The number of nitro benzene ring substituents is 2. The molecule has 244 valence electrons. The first kappa shape index (κ1) is 33.9. The van der Waals surface area contributed by atoms with Crippen molar-refractivity contribution < 1.29 is 29.3 Å². The van der Waals surface area contributed by atoms with Gasteiger partial charge in [0.2, 0.25) is 5.89 Å². The second kappa shape index (κ2) is 14.9. The molecule has 2 aromatic carbocycles. The molecule has 1 amide bonds. The fourth-order valence-electron chi connectivity index (χ4n) is 3.94. The molecule has 48 heavy (non-hydrogen) atoms. The van der Waals surface area contributed by atoms with Crippen LogP contribution in [0.2, 0.25) is 0 Å². The Balaban J connectivity index is 0.000000174. The van der Waals surface area contributed by atoms with Gasteiger partial charge in [0.15, 0.2) is 34.4 Å². The number of aryl methyl sites for hydroxylation is 3. The van der Waals surface area contributed by atoms with Gasteiger partial charge in [0.1, 0.15) is 0 Å². The number of nitrogens with zero attached hydrogens (tertiary/aromatic N) is 6. The summed E-state index contributed by atoms with van der Waals surface area (Å²) in [4.78, 5) is 48.6. The fraction of sp³-hybridized carbons (Fsp3) is 0.0938. The quantitative estimate of drug-likeness (QED) is 0.123. The molecule has 16 nitrogen and oxygen atoms in total. The summed E-state index contributed by atoms with van der Waals surface area (Å²) in [5.74, 6) is -0.176. The molecule has 16 heteroatoms. The highest BCUT2D eigenvalue weighted by molar-refractivity contribution is 6.04. The van der Waals surface area contributed by atoms with Gasteiger partial charge in [0.05, 0.1) is 9.85 Å². The molecule has 0 aliphatic carbocycles. The summed E-state index contributed by atoms with van der Waals surface area (Å²) in [6, 6.07) is 21.3. The molecule has 6 rings (SSSR count). The SMILES string of the molecule is Cc1ccc(O)c(N)n1.Cc1ccc(O)c(NC(=O)c2cccc([N+](=O)[O-])c2)n1.Cc1ccc2oc(-c3cccc([N+](=O)[O-])c3)nc2n1. The monoisotopic (exact) mass is 652 g/mol. The summed E-state index contributed by atoms with van der Waals surface area (Å²) < 4.78 is 5.55. The van der Waals surface area contributed by atoms with Gasteiger partial charge in [-0.25, -0.2) is 15.0 Å². The third-order valence-electron chi connectivity index (χ3n) is 6.30. The van der Waals surface area contributed by atoms with E-state index in [0.717, 1.165) is 17.5 Å². The van der Waals surface area contributed by atoms with Crippen molar-refractivity contribution in [3.05, 3.63) is 128 Å². The van der Waals surface area contributed by atoms with Crippen LogP contribution in [0, 0.1) is 41.0 Å². The lowest BCUT2D eigenvalue weighted by molar-refractivity contribution is -0.385. The van der Waals surface area contributed by atoms with Crippen LogP contribution in [0.25, 0.3) is 22.7 Å². The molecule has 0 aliphatic rings. The summed E-state index contributed by atoms with van der Waals surface area (Å²) >= 11 is 0. The normalized spacial score (nSPS) is 10.2. The lowest BCUT2D eigenvalue weighted by atomic mass is 10.2. The van der Waals surface area contributed by atoms with Gasteiger partial charge in [0.25, 0.3) is 17.3 Å². The molecular formula is C32H28N8O8. The summed E-state index contributed by atoms with van der Waals surface area (Å²) in [7, 11) is 0. The third kappa shape index (κ3) is 8.81. The molecule has 0 saturated heterocycles.